The van der Waals surface area contributed by atoms with Crippen molar-refractivity contribution >= 4 is 23.1 Å². The van der Waals surface area contributed by atoms with Crippen molar-refractivity contribution in [2.75, 3.05) is 23.3 Å². The number of carbonyl (C=O) groups is 1. The summed E-state index contributed by atoms with van der Waals surface area (Å²) in [5, 5.41) is 6.26. The third kappa shape index (κ3) is 5.67. The number of anilines is 3. The molecule has 0 spiro atoms. The van der Waals surface area contributed by atoms with E-state index in [1.54, 1.807) is 13.0 Å². The Bertz CT molecular complexity index is 807. The lowest BCUT2D eigenvalue weighted by atomic mass is 10.1. The van der Waals surface area contributed by atoms with E-state index < -0.39 is 0 Å². The molecule has 2 aromatic rings. The van der Waals surface area contributed by atoms with Crippen LogP contribution in [0.1, 0.15) is 56.5 Å². The molecule has 0 saturated heterocycles. The van der Waals surface area contributed by atoms with E-state index in [0.29, 0.717) is 17.3 Å². The maximum absolute atomic E-state index is 12.4. The van der Waals surface area contributed by atoms with Crippen molar-refractivity contribution in [2.45, 2.75) is 54.0 Å². The van der Waals surface area contributed by atoms with E-state index in [2.05, 4.69) is 64.5 Å². The molecular formula is C21H31N5O. The lowest BCUT2D eigenvalue weighted by Gasteiger charge is -2.22. The maximum Gasteiger partial charge on any atom is 0.270 e. The molecule has 0 saturated carbocycles. The van der Waals surface area contributed by atoms with Crippen LogP contribution in [0.25, 0.3) is 0 Å². The van der Waals surface area contributed by atoms with E-state index >= 15 is 0 Å². The molecule has 2 N–H and O–H groups in total. The minimum Gasteiger partial charge on any atom is -0.372 e. The highest BCUT2D eigenvalue weighted by Crippen LogP contribution is 2.25. The average Bonchev–Trinajstić information content (AvgIpc) is 2.56. The Hall–Kier alpha value is -2.63. The van der Waals surface area contributed by atoms with Gasteiger partial charge in [0.25, 0.3) is 5.91 Å². The molecule has 0 bridgehead atoms. The Morgan fingerprint density at radius 3 is 2.30 bits per heavy atom. The van der Waals surface area contributed by atoms with Gasteiger partial charge in [-0.3, -0.25) is 4.79 Å². The van der Waals surface area contributed by atoms with Crippen LogP contribution in [-0.4, -0.2) is 34.5 Å². The highest BCUT2D eigenvalue weighted by atomic mass is 16.2. The molecule has 0 aliphatic heterocycles. The van der Waals surface area contributed by atoms with Crippen molar-refractivity contribution < 1.29 is 4.79 Å². The summed E-state index contributed by atoms with van der Waals surface area (Å²) in [6, 6.07) is 8.00. The molecule has 146 valence electrons. The van der Waals surface area contributed by atoms with Crippen LogP contribution in [0.5, 0.6) is 0 Å². The summed E-state index contributed by atoms with van der Waals surface area (Å²) >= 11 is 0. The van der Waals surface area contributed by atoms with Gasteiger partial charge >= 0.3 is 0 Å². The molecule has 0 unspecified atom stereocenters. The molecule has 0 aliphatic rings. The highest BCUT2D eigenvalue weighted by molar-refractivity contribution is 5.93. The minimum atomic E-state index is -0.319. The number of rotatable bonds is 6. The zero-order valence-electron chi connectivity index (χ0n) is 17.5. The lowest BCUT2D eigenvalue weighted by Crippen LogP contribution is -2.41. The first kappa shape index (κ1) is 20.7. The first-order valence-electron chi connectivity index (χ1n) is 9.43. The molecule has 27 heavy (non-hydrogen) atoms. The number of carbonyl (C=O) groups excluding carboxylic acids is 1. The molecule has 1 aromatic carbocycles. The average molecular weight is 370 g/mol. The number of nitrogens with one attached hydrogen (secondary N) is 2. The van der Waals surface area contributed by atoms with Gasteiger partial charge in [0.05, 0.1) is 0 Å². The largest absolute Gasteiger partial charge is 0.372 e. The summed E-state index contributed by atoms with van der Waals surface area (Å²) in [6.07, 6.45) is 0. The smallest absolute Gasteiger partial charge is 0.270 e. The molecular weight excluding hydrogens is 338 g/mol. The van der Waals surface area contributed by atoms with Crippen LogP contribution in [0.4, 0.5) is 17.2 Å². The highest BCUT2D eigenvalue weighted by Gasteiger charge is 2.17. The molecule has 1 amide bonds. The van der Waals surface area contributed by atoms with Gasteiger partial charge in [0.1, 0.15) is 17.3 Å². The first-order valence-corrected chi connectivity index (χ1v) is 9.43. The summed E-state index contributed by atoms with van der Waals surface area (Å²) < 4.78 is 0. The van der Waals surface area contributed by atoms with Crippen molar-refractivity contribution in [1.29, 1.82) is 0 Å². The van der Waals surface area contributed by atoms with Gasteiger partial charge < -0.3 is 15.5 Å². The van der Waals surface area contributed by atoms with E-state index in [-0.39, 0.29) is 11.4 Å². The topological polar surface area (TPSA) is 70.2 Å². The van der Waals surface area contributed by atoms with Gasteiger partial charge in [-0.15, -0.1) is 0 Å². The minimum absolute atomic E-state index is 0.204. The summed E-state index contributed by atoms with van der Waals surface area (Å²) in [4.78, 5) is 23.4. The Morgan fingerprint density at radius 1 is 1.07 bits per heavy atom. The predicted octanol–water partition coefficient (Wildman–Crippen LogP) is 4.21. The van der Waals surface area contributed by atoms with Crippen LogP contribution < -0.4 is 15.5 Å². The van der Waals surface area contributed by atoms with Crippen LogP contribution in [0.2, 0.25) is 0 Å². The molecule has 6 heteroatoms. The van der Waals surface area contributed by atoms with Gasteiger partial charge in [0, 0.05) is 36.1 Å². The van der Waals surface area contributed by atoms with Gasteiger partial charge in [-0.05, 0) is 72.2 Å². The second-order valence-corrected chi connectivity index (χ2v) is 7.69. The number of aryl methyl sites for hydroxylation is 2. The first-order chi connectivity index (χ1) is 12.6. The van der Waals surface area contributed by atoms with Crippen molar-refractivity contribution in [3.63, 3.8) is 0 Å². The van der Waals surface area contributed by atoms with Gasteiger partial charge in [0.15, 0.2) is 0 Å². The second-order valence-electron chi connectivity index (χ2n) is 7.69. The lowest BCUT2D eigenvalue weighted by molar-refractivity contribution is 0.0914. The van der Waals surface area contributed by atoms with E-state index in [9.17, 15) is 4.79 Å². The molecule has 0 aliphatic carbocycles. The summed E-state index contributed by atoms with van der Waals surface area (Å²) in [6.45, 7) is 15.9. The zero-order chi connectivity index (χ0) is 20.2. The van der Waals surface area contributed by atoms with Crippen molar-refractivity contribution in [3.8, 4) is 0 Å². The number of hydrogen-bond acceptors (Lipinski definition) is 5. The standard InChI is InChI=1S/C21H31N5O/c1-8-26(9-2)16-10-11-17(14(3)12-16)24-19-13-18(22-15(4)23-19)20(27)25-21(5,6)7/h10-13H,8-9H2,1-7H3,(H,25,27)(H,22,23,24). The third-order valence-corrected chi connectivity index (χ3v) is 4.16. The van der Waals surface area contributed by atoms with Gasteiger partial charge in [-0.2, -0.15) is 0 Å². The van der Waals surface area contributed by atoms with Crippen LogP contribution in [0.15, 0.2) is 24.3 Å². The Labute approximate surface area is 162 Å². The fourth-order valence-electron chi connectivity index (χ4n) is 2.86. The van der Waals surface area contributed by atoms with E-state index in [4.69, 9.17) is 0 Å². The number of amides is 1. The number of nitrogens with zero attached hydrogens (tertiary/aromatic N) is 3. The zero-order valence-corrected chi connectivity index (χ0v) is 17.5. The van der Waals surface area contributed by atoms with Gasteiger partial charge in [0.2, 0.25) is 0 Å². The number of hydrogen-bond donors (Lipinski definition) is 2. The molecule has 0 radical (unpaired) electrons. The Balaban J connectivity index is 2.26. The van der Waals surface area contributed by atoms with Crippen molar-refractivity contribution in [2.24, 2.45) is 0 Å². The monoisotopic (exact) mass is 369 g/mol. The maximum atomic E-state index is 12.4. The van der Waals surface area contributed by atoms with Crippen LogP contribution in [0.3, 0.4) is 0 Å². The predicted molar refractivity (Wildman–Crippen MR) is 112 cm³/mol. The fraction of sp³-hybridized carbons (Fsp3) is 0.476. The Kier molecular flexibility index (Phi) is 6.41. The SMILES string of the molecule is CCN(CC)c1ccc(Nc2cc(C(=O)NC(C)(C)C)nc(C)n2)c(C)c1. The van der Waals surface area contributed by atoms with Gasteiger partial charge in [-0.1, -0.05) is 0 Å². The number of aromatic nitrogens is 2. The second kappa shape index (κ2) is 8.37. The van der Waals surface area contributed by atoms with Crippen molar-refractivity contribution in [1.82, 2.24) is 15.3 Å². The quantitative estimate of drug-likeness (QED) is 0.798. The van der Waals surface area contributed by atoms with Crippen molar-refractivity contribution in [3.05, 3.63) is 41.3 Å². The van der Waals surface area contributed by atoms with Crippen LogP contribution in [-0.2, 0) is 0 Å². The molecule has 1 heterocycles. The van der Waals surface area contributed by atoms with E-state index in [1.807, 2.05) is 20.8 Å². The summed E-state index contributed by atoms with van der Waals surface area (Å²) in [5.74, 6) is 0.960. The molecule has 1 aromatic heterocycles. The summed E-state index contributed by atoms with van der Waals surface area (Å²) in [7, 11) is 0. The molecule has 2 rings (SSSR count). The molecule has 0 fully saturated rings. The number of benzene rings is 1. The fourth-order valence-corrected chi connectivity index (χ4v) is 2.86. The van der Waals surface area contributed by atoms with E-state index in [0.717, 1.165) is 24.3 Å². The Morgan fingerprint density at radius 2 is 1.74 bits per heavy atom. The summed E-state index contributed by atoms with van der Waals surface area (Å²) in [5.41, 5.74) is 3.33. The van der Waals surface area contributed by atoms with Crippen LogP contribution in [0, 0.1) is 13.8 Å². The van der Waals surface area contributed by atoms with Crippen LogP contribution >= 0.6 is 0 Å². The molecule has 0 atom stereocenters. The normalized spacial score (nSPS) is 11.2. The molecule has 6 nitrogen and oxygen atoms in total. The third-order valence-electron chi connectivity index (χ3n) is 4.16. The van der Waals surface area contributed by atoms with Gasteiger partial charge in [-0.25, -0.2) is 9.97 Å². The van der Waals surface area contributed by atoms with E-state index in [1.165, 1.54) is 5.69 Å².